The molecule has 0 fully saturated rings. The standard InChI is InChI=1S/C40H24O/c1-2-13-31-25(8-1)18-19-30-24-35(32-14-3-4-15-33(32)39(30)31)29-12-5-11-27(22-29)28-20-21-37-36(23-28)34-16-6-9-26-10-7-17-38(41-37)40(26)34/h1-24H. The molecule has 1 nitrogen and oxygen atoms in total. The molecule has 0 saturated heterocycles. The zero-order valence-electron chi connectivity index (χ0n) is 22.3. The molecule has 190 valence electrons. The topological polar surface area (TPSA) is 9.23 Å². The Hall–Kier alpha value is -5.40. The quantitative estimate of drug-likeness (QED) is 0.206. The Labute approximate surface area is 237 Å². The van der Waals surface area contributed by atoms with Crippen molar-refractivity contribution in [2.45, 2.75) is 0 Å². The van der Waals surface area contributed by atoms with Gasteiger partial charge in [0.15, 0.2) is 0 Å². The van der Waals surface area contributed by atoms with Crippen molar-refractivity contribution in [2.24, 2.45) is 0 Å². The first-order chi connectivity index (χ1) is 20.3. The van der Waals surface area contributed by atoms with Crippen molar-refractivity contribution < 1.29 is 4.74 Å². The van der Waals surface area contributed by atoms with E-state index in [0.29, 0.717) is 0 Å². The summed E-state index contributed by atoms with van der Waals surface area (Å²) in [5.74, 6) is 1.83. The summed E-state index contributed by atoms with van der Waals surface area (Å²) < 4.78 is 6.35. The molecule has 0 bridgehead atoms. The molecule has 0 spiro atoms. The zero-order valence-corrected chi connectivity index (χ0v) is 22.3. The molecule has 9 rings (SSSR count). The van der Waals surface area contributed by atoms with Gasteiger partial charge in [0.25, 0.3) is 0 Å². The lowest BCUT2D eigenvalue weighted by molar-refractivity contribution is 0.487. The van der Waals surface area contributed by atoms with E-state index in [1.807, 2.05) is 0 Å². The van der Waals surface area contributed by atoms with Gasteiger partial charge in [0, 0.05) is 10.9 Å². The minimum Gasteiger partial charge on any atom is -0.456 e. The first-order valence-electron chi connectivity index (χ1n) is 14.1. The first kappa shape index (κ1) is 22.4. The van der Waals surface area contributed by atoms with Gasteiger partial charge < -0.3 is 4.74 Å². The number of fused-ring (bicyclic) bond motifs is 7. The third-order valence-corrected chi connectivity index (χ3v) is 8.61. The minimum atomic E-state index is 0.906. The van der Waals surface area contributed by atoms with E-state index in [9.17, 15) is 0 Å². The van der Waals surface area contributed by atoms with Crippen LogP contribution in [0.15, 0.2) is 146 Å². The van der Waals surface area contributed by atoms with Gasteiger partial charge in [-0.25, -0.2) is 0 Å². The SMILES string of the molecule is c1cc(-c2ccc3c(c2)-c2cccc4cccc(c24)O3)cc(-c2cc3ccc4ccccc4c3c3ccccc23)c1. The Bertz CT molecular complexity index is 2340. The molecule has 8 aromatic carbocycles. The molecule has 1 heteroatoms. The number of ether oxygens (including phenoxy) is 1. The summed E-state index contributed by atoms with van der Waals surface area (Å²) >= 11 is 0. The van der Waals surface area contributed by atoms with Gasteiger partial charge in [-0.15, -0.1) is 0 Å². The maximum Gasteiger partial charge on any atom is 0.135 e. The average Bonchev–Trinajstić information content (AvgIpc) is 3.04. The van der Waals surface area contributed by atoms with Gasteiger partial charge in [-0.3, -0.25) is 0 Å². The highest BCUT2D eigenvalue weighted by Crippen LogP contribution is 2.47. The predicted octanol–water partition coefficient (Wildman–Crippen LogP) is 11.4. The molecule has 1 aliphatic heterocycles. The third-order valence-electron chi connectivity index (χ3n) is 8.61. The maximum absolute atomic E-state index is 6.35. The van der Waals surface area contributed by atoms with Gasteiger partial charge in [-0.1, -0.05) is 115 Å². The molecule has 41 heavy (non-hydrogen) atoms. The number of hydrogen-bond acceptors (Lipinski definition) is 1. The highest BCUT2D eigenvalue weighted by molar-refractivity contribution is 6.23. The van der Waals surface area contributed by atoms with Gasteiger partial charge in [0.05, 0.1) is 0 Å². The van der Waals surface area contributed by atoms with E-state index in [2.05, 4.69) is 146 Å². The van der Waals surface area contributed by atoms with Gasteiger partial charge >= 0.3 is 0 Å². The lowest BCUT2D eigenvalue weighted by Crippen LogP contribution is -1.97. The van der Waals surface area contributed by atoms with Gasteiger partial charge in [0.2, 0.25) is 0 Å². The van der Waals surface area contributed by atoms with E-state index in [4.69, 9.17) is 4.74 Å². The molecule has 0 aliphatic carbocycles. The molecule has 0 unspecified atom stereocenters. The predicted molar refractivity (Wildman–Crippen MR) is 173 cm³/mol. The Balaban J connectivity index is 1.23. The van der Waals surface area contributed by atoms with Crippen LogP contribution in [0.1, 0.15) is 0 Å². The van der Waals surface area contributed by atoms with E-state index >= 15 is 0 Å². The number of benzene rings is 8. The molecule has 0 aromatic heterocycles. The summed E-state index contributed by atoms with van der Waals surface area (Å²) in [6.07, 6.45) is 0. The lowest BCUT2D eigenvalue weighted by Gasteiger charge is -2.22. The van der Waals surface area contributed by atoms with Gasteiger partial charge in [-0.2, -0.15) is 0 Å². The first-order valence-corrected chi connectivity index (χ1v) is 14.1. The van der Waals surface area contributed by atoms with E-state index < -0.39 is 0 Å². The van der Waals surface area contributed by atoms with Crippen molar-refractivity contribution in [2.75, 3.05) is 0 Å². The second-order valence-electron chi connectivity index (χ2n) is 10.9. The summed E-state index contributed by atoms with van der Waals surface area (Å²) in [4.78, 5) is 0. The Morgan fingerprint density at radius 3 is 1.95 bits per heavy atom. The van der Waals surface area contributed by atoms with Crippen molar-refractivity contribution in [1.29, 1.82) is 0 Å². The average molecular weight is 521 g/mol. The Kier molecular flexibility index (Phi) is 4.67. The molecule has 1 aliphatic rings. The van der Waals surface area contributed by atoms with Crippen LogP contribution in [0.2, 0.25) is 0 Å². The van der Waals surface area contributed by atoms with E-state index in [1.165, 1.54) is 70.9 Å². The summed E-state index contributed by atoms with van der Waals surface area (Å²) in [6.45, 7) is 0. The van der Waals surface area contributed by atoms with Gasteiger partial charge in [0.1, 0.15) is 11.5 Å². The molecular weight excluding hydrogens is 496 g/mol. The molecule has 0 N–H and O–H groups in total. The maximum atomic E-state index is 6.35. The van der Waals surface area contributed by atoms with Crippen LogP contribution in [0.25, 0.3) is 76.5 Å². The molecular formula is C40H24O. The fraction of sp³-hybridized carbons (Fsp3) is 0. The summed E-state index contributed by atoms with van der Waals surface area (Å²) in [6, 6.07) is 52.7. The molecule has 0 amide bonds. The van der Waals surface area contributed by atoms with E-state index in [1.54, 1.807) is 0 Å². The van der Waals surface area contributed by atoms with Crippen LogP contribution in [0.3, 0.4) is 0 Å². The monoisotopic (exact) mass is 520 g/mol. The van der Waals surface area contributed by atoms with Crippen molar-refractivity contribution in [3.63, 3.8) is 0 Å². The molecule has 8 aromatic rings. The summed E-state index contributed by atoms with van der Waals surface area (Å²) in [5.41, 5.74) is 7.21. The van der Waals surface area contributed by atoms with Crippen LogP contribution >= 0.6 is 0 Å². The van der Waals surface area contributed by atoms with Gasteiger partial charge in [-0.05, 0) is 95.9 Å². The van der Waals surface area contributed by atoms with Crippen LogP contribution in [-0.2, 0) is 0 Å². The van der Waals surface area contributed by atoms with Crippen molar-refractivity contribution in [3.05, 3.63) is 146 Å². The molecule has 0 radical (unpaired) electrons. The Morgan fingerprint density at radius 2 is 1.02 bits per heavy atom. The summed E-state index contributed by atoms with van der Waals surface area (Å²) in [7, 11) is 0. The summed E-state index contributed by atoms with van der Waals surface area (Å²) in [5, 5.41) is 10.1. The fourth-order valence-corrected chi connectivity index (χ4v) is 6.73. The van der Waals surface area contributed by atoms with Crippen LogP contribution in [0, 0.1) is 0 Å². The molecule has 0 saturated carbocycles. The van der Waals surface area contributed by atoms with Crippen molar-refractivity contribution >= 4 is 43.1 Å². The highest BCUT2D eigenvalue weighted by atomic mass is 16.5. The second kappa shape index (κ2) is 8.55. The molecule has 0 atom stereocenters. The number of rotatable bonds is 2. The van der Waals surface area contributed by atoms with Crippen molar-refractivity contribution in [1.82, 2.24) is 0 Å². The number of hydrogen-bond donors (Lipinski definition) is 0. The Morgan fingerprint density at radius 1 is 0.317 bits per heavy atom. The largest absolute Gasteiger partial charge is 0.456 e. The minimum absolute atomic E-state index is 0.906. The lowest BCUT2D eigenvalue weighted by atomic mass is 9.89. The van der Waals surface area contributed by atoms with E-state index in [-0.39, 0.29) is 0 Å². The van der Waals surface area contributed by atoms with Crippen LogP contribution in [0.5, 0.6) is 11.5 Å². The van der Waals surface area contributed by atoms with Crippen LogP contribution in [-0.4, -0.2) is 0 Å². The third kappa shape index (κ3) is 3.36. The zero-order chi connectivity index (χ0) is 26.9. The molecule has 1 heterocycles. The van der Waals surface area contributed by atoms with Crippen molar-refractivity contribution in [3.8, 4) is 44.9 Å². The second-order valence-corrected chi connectivity index (χ2v) is 10.9. The highest BCUT2D eigenvalue weighted by Gasteiger charge is 2.20. The van der Waals surface area contributed by atoms with E-state index in [0.717, 1.165) is 17.1 Å². The smallest absolute Gasteiger partial charge is 0.135 e. The van der Waals surface area contributed by atoms with Crippen LogP contribution < -0.4 is 4.74 Å². The fourth-order valence-electron chi connectivity index (χ4n) is 6.73. The normalized spacial score (nSPS) is 12.1. The van der Waals surface area contributed by atoms with Crippen LogP contribution in [0.4, 0.5) is 0 Å².